The highest BCUT2D eigenvalue weighted by molar-refractivity contribution is 6.12. The molecule has 2 unspecified atom stereocenters. The molecule has 2 atom stereocenters. The van der Waals surface area contributed by atoms with Crippen LogP contribution < -0.4 is 0 Å². The number of hydrogen-bond acceptors (Lipinski definition) is 3. The van der Waals surface area contributed by atoms with Gasteiger partial charge < -0.3 is 9.64 Å². The van der Waals surface area contributed by atoms with E-state index in [1.165, 1.54) is 0 Å². The maximum atomic E-state index is 12.0. The summed E-state index contributed by atoms with van der Waals surface area (Å²) in [5.41, 5.74) is 3.88. The maximum absolute atomic E-state index is 12.0. The van der Waals surface area contributed by atoms with Crippen LogP contribution in [-0.2, 0) is 9.53 Å². The van der Waals surface area contributed by atoms with Crippen LogP contribution in [0.5, 0.6) is 0 Å². The van der Waals surface area contributed by atoms with E-state index in [1.807, 2.05) is 66.7 Å². The number of rotatable bonds is 6. The Hall–Kier alpha value is -3.24. The summed E-state index contributed by atoms with van der Waals surface area (Å²) in [4.78, 5) is 18.7. The first kappa shape index (κ1) is 19.1. The van der Waals surface area contributed by atoms with Gasteiger partial charge in [-0.2, -0.15) is 0 Å². The van der Waals surface area contributed by atoms with Crippen LogP contribution in [0.25, 0.3) is 0 Å². The van der Waals surface area contributed by atoms with E-state index in [0.717, 1.165) is 22.4 Å². The topological polar surface area (TPSA) is 41.9 Å². The molecule has 1 amide bonds. The van der Waals surface area contributed by atoms with Gasteiger partial charge in [-0.25, -0.2) is 4.99 Å². The molecule has 0 spiro atoms. The minimum atomic E-state index is -0.509. The number of hydrogen-bond donors (Lipinski definition) is 0. The third kappa shape index (κ3) is 4.44. The molecule has 4 nitrogen and oxygen atoms in total. The Balaban J connectivity index is 1.77. The van der Waals surface area contributed by atoms with Gasteiger partial charge in [0.05, 0.1) is 5.71 Å². The Kier molecular flexibility index (Phi) is 5.82. The van der Waals surface area contributed by atoms with Crippen molar-refractivity contribution in [3.05, 3.63) is 108 Å². The number of carbonyl (C=O) groups excluding carboxylic acids is 1. The summed E-state index contributed by atoms with van der Waals surface area (Å²) in [6.07, 6.45) is 0.408. The molecule has 29 heavy (non-hydrogen) atoms. The molecular formula is C25H24N2O2. The van der Waals surface area contributed by atoms with Crippen LogP contribution in [0, 0.1) is 0 Å². The average molecular weight is 384 g/mol. The molecule has 0 radical (unpaired) electrons. The van der Waals surface area contributed by atoms with E-state index in [1.54, 1.807) is 11.9 Å². The second-order valence-corrected chi connectivity index (χ2v) is 7.11. The zero-order valence-corrected chi connectivity index (χ0v) is 16.4. The van der Waals surface area contributed by atoms with E-state index in [-0.39, 0.29) is 12.1 Å². The summed E-state index contributed by atoms with van der Waals surface area (Å²) in [5.74, 6) is 0.108. The molecule has 3 aromatic rings. The van der Waals surface area contributed by atoms with Crippen LogP contribution in [-0.4, -0.2) is 29.8 Å². The maximum Gasteiger partial charge on any atom is 0.224 e. The van der Waals surface area contributed by atoms with Gasteiger partial charge in [0, 0.05) is 36.6 Å². The SMILES string of the molecule is CN1C(=O)CCC1OC(N=C(c1ccccc1)c1ccccc1)c1ccccc1. The number of amides is 1. The van der Waals surface area contributed by atoms with E-state index >= 15 is 0 Å². The highest BCUT2D eigenvalue weighted by Crippen LogP contribution is 2.28. The largest absolute Gasteiger partial charge is 0.329 e. The van der Waals surface area contributed by atoms with Crippen LogP contribution >= 0.6 is 0 Å². The molecule has 1 saturated heterocycles. The molecule has 1 aliphatic heterocycles. The zero-order valence-electron chi connectivity index (χ0n) is 16.4. The molecule has 1 heterocycles. The van der Waals surface area contributed by atoms with Gasteiger partial charge in [0.25, 0.3) is 0 Å². The Morgan fingerprint density at radius 1 is 0.897 bits per heavy atom. The standard InChI is InChI=1S/C25H24N2O2/c1-27-22(28)17-18-23(27)29-25(21-15-9-4-10-16-21)26-24(19-11-5-2-6-12-19)20-13-7-3-8-14-20/h2-16,23,25H,17-18H2,1H3. The summed E-state index contributed by atoms with van der Waals surface area (Å²) >= 11 is 0. The summed E-state index contributed by atoms with van der Waals surface area (Å²) in [7, 11) is 1.79. The smallest absolute Gasteiger partial charge is 0.224 e. The van der Waals surface area contributed by atoms with Crippen LogP contribution in [0.2, 0.25) is 0 Å². The van der Waals surface area contributed by atoms with Crippen LogP contribution in [0.1, 0.15) is 35.8 Å². The number of nitrogens with zero attached hydrogens (tertiary/aromatic N) is 2. The van der Waals surface area contributed by atoms with Gasteiger partial charge in [0.15, 0.2) is 6.23 Å². The van der Waals surface area contributed by atoms with Gasteiger partial charge in [-0.15, -0.1) is 0 Å². The third-order valence-electron chi connectivity index (χ3n) is 5.14. The first-order valence-corrected chi connectivity index (χ1v) is 9.87. The predicted molar refractivity (Wildman–Crippen MR) is 115 cm³/mol. The van der Waals surface area contributed by atoms with Crippen molar-refractivity contribution in [3.63, 3.8) is 0 Å². The first-order valence-electron chi connectivity index (χ1n) is 9.87. The highest BCUT2D eigenvalue weighted by atomic mass is 16.5. The molecule has 0 aromatic heterocycles. The van der Waals surface area contributed by atoms with Crippen LogP contribution in [0.4, 0.5) is 0 Å². The summed E-state index contributed by atoms with van der Waals surface area (Å²) in [5, 5.41) is 0. The second-order valence-electron chi connectivity index (χ2n) is 7.11. The molecular weight excluding hydrogens is 360 g/mol. The van der Waals surface area contributed by atoms with E-state index in [0.29, 0.717) is 12.8 Å². The van der Waals surface area contributed by atoms with E-state index in [9.17, 15) is 4.79 Å². The fourth-order valence-electron chi connectivity index (χ4n) is 3.51. The lowest BCUT2D eigenvalue weighted by Crippen LogP contribution is -2.32. The third-order valence-corrected chi connectivity index (χ3v) is 5.14. The zero-order chi connectivity index (χ0) is 20.1. The fourth-order valence-corrected chi connectivity index (χ4v) is 3.51. The molecule has 0 N–H and O–H groups in total. The van der Waals surface area contributed by atoms with Crippen molar-refractivity contribution in [2.24, 2.45) is 4.99 Å². The van der Waals surface area contributed by atoms with E-state index in [4.69, 9.17) is 9.73 Å². The fraction of sp³-hybridized carbons (Fsp3) is 0.200. The van der Waals surface area contributed by atoms with Gasteiger partial charge in [-0.1, -0.05) is 91.0 Å². The molecule has 0 aliphatic carbocycles. The van der Waals surface area contributed by atoms with Crippen molar-refractivity contribution in [2.75, 3.05) is 7.05 Å². The predicted octanol–water partition coefficient (Wildman–Crippen LogP) is 4.82. The van der Waals surface area contributed by atoms with Crippen molar-refractivity contribution >= 4 is 11.6 Å². The summed E-state index contributed by atoms with van der Waals surface area (Å²) < 4.78 is 6.37. The molecule has 0 bridgehead atoms. The highest BCUT2D eigenvalue weighted by Gasteiger charge is 2.31. The van der Waals surface area contributed by atoms with Gasteiger partial charge >= 0.3 is 0 Å². The van der Waals surface area contributed by atoms with Crippen molar-refractivity contribution in [2.45, 2.75) is 25.3 Å². The van der Waals surface area contributed by atoms with Gasteiger partial charge in [0.2, 0.25) is 5.91 Å². The number of ether oxygens (including phenoxy) is 1. The minimum Gasteiger partial charge on any atom is -0.329 e. The lowest BCUT2D eigenvalue weighted by Gasteiger charge is -2.25. The molecule has 4 rings (SSSR count). The van der Waals surface area contributed by atoms with Crippen LogP contribution in [0.3, 0.4) is 0 Å². The number of likely N-dealkylation sites (tertiary alicyclic amines) is 1. The Bertz CT molecular complexity index is 930. The molecule has 1 fully saturated rings. The molecule has 3 aromatic carbocycles. The molecule has 0 saturated carbocycles. The van der Waals surface area contributed by atoms with Crippen molar-refractivity contribution < 1.29 is 9.53 Å². The first-order chi connectivity index (χ1) is 14.2. The molecule has 146 valence electrons. The van der Waals surface area contributed by atoms with Crippen molar-refractivity contribution in [1.29, 1.82) is 0 Å². The van der Waals surface area contributed by atoms with Gasteiger partial charge in [-0.3, -0.25) is 4.79 Å². The molecule has 4 heteroatoms. The number of benzene rings is 3. The monoisotopic (exact) mass is 384 g/mol. The van der Waals surface area contributed by atoms with Crippen molar-refractivity contribution in [1.82, 2.24) is 4.90 Å². The van der Waals surface area contributed by atoms with Crippen LogP contribution in [0.15, 0.2) is 96.0 Å². The summed E-state index contributed by atoms with van der Waals surface area (Å²) in [6, 6.07) is 30.2. The molecule has 1 aliphatic rings. The van der Waals surface area contributed by atoms with Crippen molar-refractivity contribution in [3.8, 4) is 0 Å². The minimum absolute atomic E-state index is 0.108. The van der Waals surface area contributed by atoms with Gasteiger partial charge in [-0.05, 0) is 0 Å². The van der Waals surface area contributed by atoms with Gasteiger partial charge in [0.1, 0.15) is 6.23 Å². The average Bonchev–Trinajstić information content (AvgIpc) is 3.10. The lowest BCUT2D eigenvalue weighted by atomic mass is 10.0. The van der Waals surface area contributed by atoms with E-state index < -0.39 is 6.23 Å². The summed E-state index contributed by atoms with van der Waals surface area (Å²) in [6.45, 7) is 0. The number of aliphatic imine (C=N–C) groups is 1. The lowest BCUT2D eigenvalue weighted by molar-refractivity contribution is -0.137. The quantitative estimate of drug-likeness (QED) is 0.572. The Labute approximate surface area is 171 Å². The van der Waals surface area contributed by atoms with E-state index in [2.05, 4.69) is 24.3 Å². The Morgan fingerprint density at radius 3 is 1.90 bits per heavy atom. The second kappa shape index (κ2) is 8.84. The normalized spacial score (nSPS) is 17.2. The number of carbonyl (C=O) groups is 1. The Morgan fingerprint density at radius 2 is 1.41 bits per heavy atom.